The number of anilines is 1. The van der Waals surface area contributed by atoms with Gasteiger partial charge in [-0.2, -0.15) is 0 Å². The molecule has 1 aromatic heterocycles. The van der Waals surface area contributed by atoms with Crippen molar-refractivity contribution in [3.8, 4) is 5.75 Å². The van der Waals surface area contributed by atoms with E-state index in [-0.39, 0.29) is 5.91 Å². The van der Waals surface area contributed by atoms with Crippen LogP contribution in [-0.2, 0) is 4.79 Å². The number of aryl methyl sites for hydroxylation is 2. The largest absolute Gasteiger partial charge is 0.493 e. The molecule has 0 aliphatic carbocycles. The molecule has 1 heterocycles. The highest BCUT2D eigenvalue weighted by Crippen LogP contribution is 2.25. The number of amides is 1. The highest BCUT2D eigenvalue weighted by atomic mass is 32.1. The Kier molecular flexibility index (Phi) is 4.57. The molecule has 0 unspecified atom stereocenters. The van der Waals surface area contributed by atoms with Gasteiger partial charge in [-0.1, -0.05) is 35.6 Å². The lowest BCUT2D eigenvalue weighted by Gasteiger charge is -2.09. The van der Waals surface area contributed by atoms with Gasteiger partial charge in [0.05, 0.1) is 23.2 Å². The number of benzene rings is 2. The summed E-state index contributed by atoms with van der Waals surface area (Å²) in [5.41, 5.74) is 3.12. The van der Waals surface area contributed by atoms with Crippen LogP contribution in [0.4, 0.5) is 5.13 Å². The second-order valence-corrected chi connectivity index (χ2v) is 6.43. The molecule has 0 fully saturated rings. The van der Waals surface area contributed by atoms with E-state index in [1.807, 2.05) is 56.3 Å². The summed E-state index contributed by atoms with van der Waals surface area (Å²) in [6.07, 6.45) is 0.295. The van der Waals surface area contributed by atoms with Crippen LogP contribution >= 0.6 is 11.3 Å². The van der Waals surface area contributed by atoms with E-state index >= 15 is 0 Å². The quantitative estimate of drug-likeness (QED) is 0.759. The van der Waals surface area contributed by atoms with Gasteiger partial charge in [-0.15, -0.1) is 0 Å². The minimum atomic E-state index is -0.0886. The molecule has 5 heteroatoms. The van der Waals surface area contributed by atoms with Gasteiger partial charge in [0, 0.05) is 0 Å². The Morgan fingerprint density at radius 3 is 2.87 bits per heavy atom. The molecule has 0 bridgehead atoms. The van der Waals surface area contributed by atoms with Crippen LogP contribution in [0.1, 0.15) is 17.5 Å². The third-order valence-electron chi connectivity index (χ3n) is 3.47. The maximum absolute atomic E-state index is 12.0. The molecule has 23 heavy (non-hydrogen) atoms. The van der Waals surface area contributed by atoms with Crippen molar-refractivity contribution < 1.29 is 9.53 Å². The third-order valence-corrected chi connectivity index (χ3v) is 4.42. The first-order valence-corrected chi connectivity index (χ1v) is 8.29. The molecular formula is C18H18N2O2S. The number of hydrogen-bond donors (Lipinski definition) is 1. The number of nitrogens with one attached hydrogen (secondary N) is 1. The van der Waals surface area contributed by atoms with E-state index in [0.717, 1.165) is 27.1 Å². The summed E-state index contributed by atoms with van der Waals surface area (Å²) < 4.78 is 6.77. The van der Waals surface area contributed by atoms with E-state index in [0.29, 0.717) is 18.2 Å². The zero-order chi connectivity index (χ0) is 16.2. The van der Waals surface area contributed by atoms with Gasteiger partial charge >= 0.3 is 0 Å². The van der Waals surface area contributed by atoms with Crippen molar-refractivity contribution in [2.75, 3.05) is 11.9 Å². The molecule has 1 amide bonds. The fourth-order valence-corrected chi connectivity index (χ4v) is 3.11. The number of rotatable bonds is 5. The third kappa shape index (κ3) is 3.87. The summed E-state index contributed by atoms with van der Waals surface area (Å²) in [6.45, 7) is 4.36. The van der Waals surface area contributed by atoms with Gasteiger partial charge < -0.3 is 10.1 Å². The van der Waals surface area contributed by atoms with E-state index in [1.165, 1.54) is 11.3 Å². The van der Waals surface area contributed by atoms with Gasteiger partial charge in [0.1, 0.15) is 5.75 Å². The van der Waals surface area contributed by atoms with Crippen LogP contribution in [0.3, 0.4) is 0 Å². The van der Waals surface area contributed by atoms with Gasteiger partial charge in [0.25, 0.3) is 0 Å². The maximum atomic E-state index is 12.0. The molecule has 0 spiro atoms. The van der Waals surface area contributed by atoms with Crippen LogP contribution in [-0.4, -0.2) is 17.5 Å². The highest BCUT2D eigenvalue weighted by molar-refractivity contribution is 7.22. The summed E-state index contributed by atoms with van der Waals surface area (Å²) in [5.74, 6) is 0.743. The van der Waals surface area contributed by atoms with Crippen molar-refractivity contribution in [2.24, 2.45) is 0 Å². The average Bonchev–Trinajstić information content (AvgIpc) is 2.92. The number of carbonyl (C=O) groups excluding carboxylic acids is 1. The van der Waals surface area contributed by atoms with Crippen molar-refractivity contribution in [2.45, 2.75) is 20.3 Å². The second kappa shape index (κ2) is 6.79. The fraction of sp³-hybridized carbons (Fsp3) is 0.222. The minimum absolute atomic E-state index is 0.0886. The number of hydrogen-bond acceptors (Lipinski definition) is 4. The molecule has 0 radical (unpaired) electrons. The van der Waals surface area contributed by atoms with Gasteiger partial charge in [-0.05, 0) is 43.2 Å². The molecule has 3 aromatic rings. The molecule has 0 saturated carbocycles. The van der Waals surface area contributed by atoms with Crippen LogP contribution in [0.5, 0.6) is 5.75 Å². The van der Waals surface area contributed by atoms with Gasteiger partial charge in [-0.3, -0.25) is 4.79 Å². The Labute approximate surface area is 139 Å². The average molecular weight is 326 g/mol. The number of fused-ring (bicyclic) bond motifs is 1. The van der Waals surface area contributed by atoms with E-state index in [9.17, 15) is 4.79 Å². The van der Waals surface area contributed by atoms with Crippen molar-refractivity contribution in [3.05, 3.63) is 53.6 Å². The van der Waals surface area contributed by atoms with Crippen molar-refractivity contribution in [1.29, 1.82) is 0 Å². The minimum Gasteiger partial charge on any atom is -0.493 e. The summed E-state index contributed by atoms with van der Waals surface area (Å²) in [7, 11) is 0. The smallest absolute Gasteiger partial charge is 0.229 e. The highest BCUT2D eigenvalue weighted by Gasteiger charge is 2.08. The fourth-order valence-electron chi connectivity index (χ4n) is 2.22. The lowest BCUT2D eigenvalue weighted by Crippen LogP contribution is -2.15. The number of aromatic nitrogens is 1. The van der Waals surface area contributed by atoms with Crippen LogP contribution < -0.4 is 10.1 Å². The topological polar surface area (TPSA) is 51.2 Å². The summed E-state index contributed by atoms with van der Waals surface area (Å²) >= 11 is 1.48. The molecule has 118 valence electrons. The molecule has 2 aromatic carbocycles. The van der Waals surface area contributed by atoms with Crippen LogP contribution in [0.15, 0.2) is 42.5 Å². The number of ether oxygens (including phenoxy) is 1. The molecule has 0 saturated heterocycles. The number of nitrogens with zero attached hydrogens (tertiary/aromatic N) is 1. The maximum Gasteiger partial charge on any atom is 0.229 e. The van der Waals surface area contributed by atoms with Gasteiger partial charge in [0.2, 0.25) is 5.91 Å². The van der Waals surface area contributed by atoms with E-state index in [4.69, 9.17) is 4.74 Å². The van der Waals surface area contributed by atoms with Crippen LogP contribution in [0.25, 0.3) is 10.2 Å². The van der Waals surface area contributed by atoms with Crippen molar-refractivity contribution in [3.63, 3.8) is 0 Å². The Morgan fingerprint density at radius 2 is 2.04 bits per heavy atom. The van der Waals surface area contributed by atoms with E-state index < -0.39 is 0 Å². The Morgan fingerprint density at radius 1 is 1.22 bits per heavy atom. The molecule has 1 N–H and O–H groups in total. The molecular weight excluding hydrogens is 308 g/mol. The molecule has 0 aliphatic rings. The van der Waals surface area contributed by atoms with E-state index in [1.54, 1.807) is 0 Å². The van der Waals surface area contributed by atoms with Crippen molar-refractivity contribution in [1.82, 2.24) is 4.98 Å². The number of carbonyl (C=O) groups is 1. The zero-order valence-corrected chi connectivity index (χ0v) is 13.9. The standard InChI is InChI=1S/C18H18N2O2S/c1-12-7-8-13(2)15(11-12)22-10-9-17(21)20-18-19-14-5-3-4-6-16(14)23-18/h3-8,11H,9-10H2,1-2H3,(H,19,20,21). The van der Waals surface area contributed by atoms with E-state index in [2.05, 4.69) is 10.3 Å². The zero-order valence-electron chi connectivity index (χ0n) is 13.1. The molecule has 0 atom stereocenters. The monoisotopic (exact) mass is 326 g/mol. The first-order chi connectivity index (χ1) is 11.1. The summed E-state index contributed by atoms with van der Waals surface area (Å²) in [4.78, 5) is 16.4. The number of para-hydroxylation sites is 1. The van der Waals surface area contributed by atoms with Crippen LogP contribution in [0.2, 0.25) is 0 Å². The normalized spacial score (nSPS) is 10.7. The Bertz CT molecular complexity index is 809. The lowest BCUT2D eigenvalue weighted by molar-refractivity contribution is -0.116. The lowest BCUT2D eigenvalue weighted by atomic mass is 10.1. The van der Waals surface area contributed by atoms with Gasteiger partial charge in [-0.25, -0.2) is 4.98 Å². The number of thiazole rings is 1. The predicted octanol–water partition coefficient (Wildman–Crippen LogP) is 4.32. The first kappa shape index (κ1) is 15.5. The SMILES string of the molecule is Cc1ccc(C)c(OCCC(=O)Nc2nc3ccccc3s2)c1. The molecule has 3 rings (SSSR count). The second-order valence-electron chi connectivity index (χ2n) is 5.40. The summed E-state index contributed by atoms with van der Waals surface area (Å²) in [6, 6.07) is 13.9. The van der Waals surface area contributed by atoms with Crippen molar-refractivity contribution >= 4 is 32.6 Å². The Balaban J connectivity index is 1.54. The van der Waals surface area contributed by atoms with Crippen LogP contribution in [0, 0.1) is 13.8 Å². The first-order valence-electron chi connectivity index (χ1n) is 7.47. The predicted molar refractivity (Wildman–Crippen MR) is 94.3 cm³/mol. The molecule has 0 aliphatic heterocycles. The molecule has 4 nitrogen and oxygen atoms in total. The summed E-state index contributed by atoms with van der Waals surface area (Å²) in [5, 5.41) is 3.46. The Hall–Kier alpha value is -2.40. The van der Waals surface area contributed by atoms with Gasteiger partial charge in [0.15, 0.2) is 5.13 Å².